The second-order valence-electron chi connectivity index (χ2n) is 5.60. The van der Waals surface area contributed by atoms with E-state index in [4.69, 9.17) is 10.3 Å². The van der Waals surface area contributed by atoms with Crippen LogP contribution >= 0.6 is 11.8 Å². The van der Waals surface area contributed by atoms with Crippen molar-refractivity contribution >= 4 is 29.4 Å². The molecule has 0 saturated carbocycles. The van der Waals surface area contributed by atoms with Gasteiger partial charge in [-0.05, 0) is 32.7 Å². The van der Waals surface area contributed by atoms with Crippen LogP contribution in [0, 0.1) is 12.8 Å². The summed E-state index contributed by atoms with van der Waals surface area (Å²) in [6.07, 6.45) is 0.957. The van der Waals surface area contributed by atoms with Crippen molar-refractivity contribution in [1.82, 2.24) is 10.1 Å². The van der Waals surface area contributed by atoms with Crippen LogP contribution in [0.2, 0.25) is 0 Å². The molecule has 122 valence electrons. The van der Waals surface area contributed by atoms with E-state index in [2.05, 4.69) is 10.5 Å². The average Bonchev–Trinajstić information content (AvgIpc) is 3.04. The van der Waals surface area contributed by atoms with Gasteiger partial charge in [0.25, 0.3) is 0 Å². The Labute approximate surface area is 134 Å². The lowest BCUT2D eigenvalue weighted by atomic mass is 10.1. The fourth-order valence-corrected chi connectivity index (χ4v) is 3.28. The molecular weight excluding hydrogens is 304 g/mol. The van der Waals surface area contributed by atoms with Crippen molar-refractivity contribution in [3.05, 3.63) is 11.8 Å². The number of carbonyl (C=O) groups is 2. The van der Waals surface area contributed by atoms with Gasteiger partial charge in [0.1, 0.15) is 5.76 Å². The molecule has 1 saturated heterocycles. The lowest BCUT2D eigenvalue weighted by molar-refractivity contribution is -0.128. The molecule has 2 rings (SSSR count). The van der Waals surface area contributed by atoms with Crippen LogP contribution < -0.4 is 11.1 Å². The minimum atomic E-state index is -0.194. The number of hydrogen-bond donors (Lipinski definition) is 2. The number of aromatic nitrogens is 1. The summed E-state index contributed by atoms with van der Waals surface area (Å²) in [5.41, 5.74) is 5.66. The zero-order valence-corrected chi connectivity index (χ0v) is 13.7. The molecule has 2 atom stereocenters. The summed E-state index contributed by atoms with van der Waals surface area (Å²) in [6.45, 7) is 5.13. The van der Waals surface area contributed by atoms with Crippen LogP contribution in [0.3, 0.4) is 0 Å². The molecule has 0 bridgehead atoms. The van der Waals surface area contributed by atoms with Crippen molar-refractivity contribution < 1.29 is 14.1 Å². The van der Waals surface area contributed by atoms with Crippen molar-refractivity contribution in [1.29, 1.82) is 0 Å². The molecule has 0 aliphatic carbocycles. The molecule has 2 unspecified atom stereocenters. The highest BCUT2D eigenvalue weighted by Gasteiger charge is 2.31. The Morgan fingerprint density at radius 2 is 2.32 bits per heavy atom. The van der Waals surface area contributed by atoms with Gasteiger partial charge in [0.15, 0.2) is 5.82 Å². The number of nitrogens with one attached hydrogen (secondary N) is 1. The van der Waals surface area contributed by atoms with Crippen LogP contribution in [0.1, 0.15) is 19.1 Å². The lowest BCUT2D eigenvalue weighted by Gasteiger charge is -2.21. The van der Waals surface area contributed by atoms with E-state index in [1.165, 1.54) is 11.8 Å². The topological polar surface area (TPSA) is 101 Å². The fourth-order valence-electron chi connectivity index (χ4n) is 2.58. The number of amides is 2. The van der Waals surface area contributed by atoms with Crippen LogP contribution in [-0.2, 0) is 9.59 Å². The van der Waals surface area contributed by atoms with Gasteiger partial charge in [-0.3, -0.25) is 9.59 Å². The Morgan fingerprint density at radius 3 is 2.91 bits per heavy atom. The molecule has 1 fully saturated rings. The van der Waals surface area contributed by atoms with Crippen LogP contribution in [0.4, 0.5) is 5.82 Å². The minimum Gasteiger partial charge on any atom is -0.360 e. The summed E-state index contributed by atoms with van der Waals surface area (Å²) >= 11 is 1.30. The van der Waals surface area contributed by atoms with Gasteiger partial charge >= 0.3 is 0 Å². The smallest absolute Gasteiger partial charge is 0.235 e. The molecule has 1 aliphatic heterocycles. The van der Waals surface area contributed by atoms with Crippen LogP contribution in [0.25, 0.3) is 0 Å². The summed E-state index contributed by atoms with van der Waals surface area (Å²) in [5, 5.41) is 6.31. The zero-order valence-electron chi connectivity index (χ0n) is 12.9. The molecule has 0 aromatic carbocycles. The highest BCUT2D eigenvalue weighted by Crippen LogP contribution is 2.23. The van der Waals surface area contributed by atoms with Crippen molar-refractivity contribution in [2.24, 2.45) is 11.7 Å². The predicted molar refractivity (Wildman–Crippen MR) is 85.5 cm³/mol. The van der Waals surface area contributed by atoms with E-state index in [9.17, 15) is 9.59 Å². The summed E-state index contributed by atoms with van der Waals surface area (Å²) in [4.78, 5) is 25.8. The van der Waals surface area contributed by atoms with Gasteiger partial charge in [-0.2, -0.15) is 0 Å². The molecular formula is C14H22N4O3S. The zero-order chi connectivity index (χ0) is 16.1. The first-order valence-electron chi connectivity index (χ1n) is 7.30. The Balaban J connectivity index is 1.69. The van der Waals surface area contributed by atoms with Crippen molar-refractivity contribution in [3.63, 3.8) is 0 Å². The maximum absolute atomic E-state index is 12.2. The number of thioether (sulfide) groups is 1. The van der Waals surface area contributed by atoms with Crippen LogP contribution in [0.5, 0.6) is 0 Å². The predicted octanol–water partition coefficient (Wildman–Crippen LogP) is 0.850. The second-order valence-corrected chi connectivity index (χ2v) is 6.58. The number of anilines is 1. The van der Waals surface area contributed by atoms with Crippen LogP contribution in [-0.4, -0.2) is 52.5 Å². The number of hydrogen-bond acceptors (Lipinski definition) is 6. The van der Waals surface area contributed by atoms with Gasteiger partial charge in [-0.1, -0.05) is 5.16 Å². The number of carbonyl (C=O) groups excluding carboxylic acids is 2. The van der Waals surface area contributed by atoms with E-state index in [1.54, 1.807) is 13.0 Å². The van der Waals surface area contributed by atoms with E-state index in [0.717, 1.165) is 13.0 Å². The number of aryl methyl sites for hydroxylation is 1. The molecule has 22 heavy (non-hydrogen) atoms. The molecule has 3 N–H and O–H groups in total. The molecule has 1 aliphatic rings. The monoisotopic (exact) mass is 326 g/mol. The Hall–Kier alpha value is -1.54. The molecule has 8 heteroatoms. The van der Waals surface area contributed by atoms with Crippen molar-refractivity contribution in [2.45, 2.75) is 26.3 Å². The largest absolute Gasteiger partial charge is 0.360 e. The van der Waals surface area contributed by atoms with Gasteiger partial charge in [0.05, 0.1) is 11.5 Å². The first kappa shape index (κ1) is 16.8. The quantitative estimate of drug-likeness (QED) is 0.803. The summed E-state index contributed by atoms with van der Waals surface area (Å²) < 4.78 is 4.87. The van der Waals surface area contributed by atoms with Gasteiger partial charge in [-0.15, -0.1) is 11.8 Å². The fraction of sp³-hybridized carbons (Fsp3) is 0.643. The maximum atomic E-state index is 12.2. The van der Waals surface area contributed by atoms with Gasteiger partial charge < -0.3 is 20.5 Å². The number of likely N-dealkylation sites (tertiary alicyclic amines) is 1. The third-order valence-corrected chi connectivity index (χ3v) is 4.59. The summed E-state index contributed by atoms with van der Waals surface area (Å²) in [5.74, 6) is 1.80. The summed E-state index contributed by atoms with van der Waals surface area (Å²) in [7, 11) is 0. The average molecular weight is 326 g/mol. The standard InChI is InChI=1S/C14H22N4O3S/c1-9-3-11(5-15)6-18(9)14(20)8-22-7-13(19)16-12-4-10(2)21-17-12/h4,9,11H,3,5-8,15H2,1-2H3,(H,16,17,19). The maximum Gasteiger partial charge on any atom is 0.235 e. The van der Waals surface area contributed by atoms with Crippen molar-refractivity contribution in [3.8, 4) is 0 Å². The molecule has 1 aromatic heterocycles. The normalized spacial score (nSPS) is 21.1. The molecule has 2 amide bonds. The first-order valence-corrected chi connectivity index (χ1v) is 8.45. The lowest BCUT2D eigenvalue weighted by Crippen LogP contribution is -2.36. The summed E-state index contributed by atoms with van der Waals surface area (Å²) in [6, 6.07) is 1.88. The molecule has 7 nitrogen and oxygen atoms in total. The van der Waals surface area contributed by atoms with E-state index in [0.29, 0.717) is 29.8 Å². The van der Waals surface area contributed by atoms with E-state index in [-0.39, 0.29) is 23.6 Å². The van der Waals surface area contributed by atoms with E-state index < -0.39 is 0 Å². The second kappa shape index (κ2) is 7.64. The Kier molecular flexibility index (Phi) is 5.84. The molecule has 2 heterocycles. The molecule has 1 aromatic rings. The van der Waals surface area contributed by atoms with E-state index >= 15 is 0 Å². The molecule has 0 spiro atoms. The minimum absolute atomic E-state index is 0.0681. The third-order valence-electron chi connectivity index (χ3n) is 3.67. The number of nitrogens with zero attached hydrogens (tertiary/aromatic N) is 2. The number of rotatable bonds is 6. The molecule has 0 radical (unpaired) electrons. The third kappa shape index (κ3) is 4.48. The van der Waals surface area contributed by atoms with Gasteiger partial charge in [0, 0.05) is 18.7 Å². The number of nitrogens with two attached hydrogens (primary N) is 1. The van der Waals surface area contributed by atoms with Gasteiger partial charge in [0.2, 0.25) is 11.8 Å². The highest BCUT2D eigenvalue weighted by atomic mass is 32.2. The van der Waals surface area contributed by atoms with E-state index in [1.807, 2.05) is 11.8 Å². The van der Waals surface area contributed by atoms with Crippen molar-refractivity contribution in [2.75, 3.05) is 29.9 Å². The highest BCUT2D eigenvalue weighted by molar-refractivity contribution is 8.00. The Bertz CT molecular complexity index is 534. The van der Waals surface area contributed by atoms with Gasteiger partial charge in [-0.25, -0.2) is 0 Å². The van der Waals surface area contributed by atoms with Crippen LogP contribution in [0.15, 0.2) is 10.6 Å². The SMILES string of the molecule is Cc1cc(NC(=O)CSCC(=O)N2CC(CN)CC2C)no1. The first-order chi connectivity index (χ1) is 10.5. The Morgan fingerprint density at radius 1 is 1.55 bits per heavy atom.